The summed E-state index contributed by atoms with van der Waals surface area (Å²) >= 11 is 1.32. The van der Waals surface area contributed by atoms with Crippen molar-refractivity contribution in [1.82, 2.24) is 29.5 Å². The molecule has 1 aliphatic carbocycles. The third-order valence-corrected chi connectivity index (χ3v) is 13.2. The van der Waals surface area contributed by atoms with E-state index in [0.717, 1.165) is 58.1 Å². The summed E-state index contributed by atoms with van der Waals surface area (Å²) in [5.41, 5.74) is 6.41. The van der Waals surface area contributed by atoms with Crippen LogP contribution in [0.25, 0.3) is 45.3 Å². The van der Waals surface area contributed by atoms with Crippen LogP contribution in [0.5, 0.6) is 0 Å². The smallest absolute Gasteiger partial charge is 0.358 e. The monoisotopic (exact) mass is 1110 g/mol. The minimum Gasteiger partial charge on any atom is -0.478 e. The molecule has 5 aromatic carbocycles. The summed E-state index contributed by atoms with van der Waals surface area (Å²) in [6.45, 7) is 11.7. The molecule has 1 saturated carbocycles. The van der Waals surface area contributed by atoms with E-state index < -0.39 is 29.8 Å². The lowest BCUT2D eigenvalue weighted by atomic mass is 9.92. The van der Waals surface area contributed by atoms with E-state index in [-0.39, 0.29) is 39.7 Å². The molecule has 0 aliphatic heterocycles. The minimum atomic E-state index is -1.09. The first-order chi connectivity index (χ1) is 38.7. The third-order valence-electron chi connectivity index (χ3n) is 12.0. The Morgan fingerprint density at radius 2 is 1.05 bits per heavy atom. The number of aromatic carboxylic acids is 5. The molecular weight excluding hydrogens is 1050 g/mol. The molecule has 0 atom stereocenters. The van der Waals surface area contributed by atoms with Gasteiger partial charge in [-0.3, -0.25) is 0 Å². The van der Waals surface area contributed by atoms with Gasteiger partial charge in [0.15, 0.2) is 29.2 Å². The molecule has 0 spiro atoms. The van der Waals surface area contributed by atoms with Crippen LogP contribution >= 0.6 is 11.3 Å². The zero-order valence-electron chi connectivity index (χ0n) is 45.0. The second-order valence-electron chi connectivity index (χ2n) is 19.5. The first-order valence-electron chi connectivity index (χ1n) is 25.4. The molecule has 0 saturated heterocycles. The molecule has 0 unspecified atom stereocenters. The number of rotatable bonds is 12. The van der Waals surface area contributed by atoms with Crippen LogP contribution in [0.4, 0.5) is 0 Å². The summed E-state index contributed by atoms with van der Waals surface area (Å²) in [6, 6.07) is 51.1. The fraction of sp³-hybridized carbons (Fsp3) is 0.177. The Morgan fingerprint density at radius 3 is 1.49 bits per heavy atom. The Kier molecular flexibility index (Phi) is 19.2. The van der Waals surface area contributed by atoms with Gasteiger partial charge < -0.3 is 34.4 Å². The number of oxazole rings is 1. The Balaban J connectivity index is 0.000000146. The van der Waals surface area contributed by atoms with Gasteiger partial charge in [0.2, 0.25) is 0 Å². The van der Waals surface area contributed by atoms with Crippen molar-refractivity contribution in [1.29, 1.82) is 0 Å². The lowest BCUT2D eigenvalue weighted by molar-refractivity contribution is 0.0676. The number of carboxylic acid groups (broad SMARTS) is 5. The topological polar surface area (TPSA) is 274 Å². The van der Waals surface area contributed by atoms with E-state index in [4.69, 9.17) is 24.2 Å². The largest absolute Gasteiger partial charge is 0.478 e. The Morgan fingerprint density at radius 1 is 0.580 bits per heavy atom. The van der Waals surface area contributed by atoms with Crippen LogP contribution < -0.4 is 0 Å². The van der Waals surface area contributed by atoms with Crippen LogP contribution in [-0.4, -0.2) is 84.9 Å². The quantitative estimate of drug-likeness (QED) is 0.0760. The fourth-order valence-electron chi connectivity index (χ4n) is 7.71. The molecule has 1 fully saturated rings. The van der Waals surface area contributed by atoms with Crippen LogP contribution in [0, 0.1) is 6.92 Å². The number of hydrogen-bond donors (Lipinski definition) is 5. The van der Waals surface area contributed by atoms with Crippen molar-refractivity contribution < 1.29 is 58.3 Å². The Hall–Kier alpha value is -10.0. The summed E-state index contributed by atoms with van der Waals surface area (Å²) < 4.78 is 13.3. The van der Waals surface area contributed by atoms with Gasteiger partial charge in [-0.25, -0.2) is 43.3 Å². The number of hydrogen-bond acceptors (Lipinski definition) is 12. The number of carbonyl (C=O) groups is 5. The zero-order chi connectivity index (χ0) is 58.4. The van der Waals surface area contributed by atoms with Gasteiger partial charge in [-0.1, -0.05) is 162 Å². The highest BCUT2D eigenvalue weighted by Crippen LogP contribution is 2.44. The molecule has 11 rings (SSSR count). The second kappa shape index (κ2) is 26.6. The fourth-order valence-corrected chi connectivity index (χ4v) is 8.81. The van der Waals surface area contributed by atoms with Crippen LogP contribution in [0.15, 0.2) is 185 Å². The molecule has 0 bridgehead atoms. The number of aromatic nitrogens is 6. The van der Waals surface area contributed by atoms with Crippen molar-refractivity contribution in [3.63, 3.8) is 0 Å². The van der Waals surface area contributed by atoms with Crippen LogP contribution in [0.3, 0.4) is 0 Å². The molecular formula is C62H58N6O12S. The molecule has 0 amide bonds. The van der Waals surface area contributed by atoms with Crippen molar-refractivity contribution >= 4 is 41.2 Å². The lowest BCUT2D eigenvalue weighted by Gasteiger charge is -2.14. The van der Waals surface area contributed by atoms with Crippen molar-refractivity contribution in [3.05, 3.63) is 226 Å². The summed E-state index contributed by atoms with van der Waals surface area (Å²) in [4.78, 5) is 63.8. The molecule has 5 aromatic heterocycles. The standard InChI is InChI=1S/C14H16N2O2.C13H14N2O2.C13H11NO2S.C12H10O3.C10H7NO3/c1-14(2,3)12-9-11(13(17)18)16(15-12)10-7-5-4-6-8-10;1-9(2)11-8-12(13(16)17)15(14-11)10-6-4-3-5-7-10;15-13(16)11-10(8-4-2-1-3-5-8)14-12(17-11)9-6-7-9;1-8-7-10(12(13)14)11(15-8)9-5-3-2-4-6-9;12-10(13)8-9(14-6-11-8)7-4-2-1-3-5-7/h4-9H,1-3H3,(H,17,18);3-9H,1-2H3,(H,16,17);1-5,9H,6-7H2,(H,15,16);2-7H,1H3,(H,13,14);1-6H,(H,12,13). The zero-order valence-corrected chi connectivity index (χ0v) is 45.8. The minimum absolute atomic E-state index is 0.0591. The summed E-state index contributed by atoms with van der Waals surface area (Å²) in [6.07, 6.45) is 3.41. The van der Waals surface area contributed by atoms with E-state index in [2.05, 4.69) is 20.2 Å². The highest BCUT2D eigenvalue weighted by atomic mass is 32.1. The van der Waals surface area contributed by atoms with Gasteiger partial charge in [0.05, 0.1) is 33.5 Å². The van der Waals surface area contributed by atoms with E-state index >= 15 is 0 Å². The molecule has 1 aliphatic rings. The maximum atomic E-state index is 11.3. The van der Waals surface area contributed by atoms with E-state index in [9.17, 15) is 34.2 Å². The Labute approximate surface area is 469 Å². The average Bonchev–Trinajstić information content (AvgIpc) is 4.03. The molecule has 414 valence electrons. The predicted octanol–water partition coefficient (Wildman–Crippen LogP) is 13.9. The van der Waals surface area contributed by atoms with Gasteiger partial charge in [0.25, 0.3) is 0 Å². The molecule has 5 N–H and O–H groups in total. The average molecular weight is 1110 g/mol. The maximum absolute atomic E-state index is 11.3. The highest BCUT2D eigenvalue weighted by Gasteiger charge is 2.30. The van der Waals surface area contributed by atoms with E-state index in [1.54, 1.807) is 31.2 Å². The predicted molar refractivity (Wildman–Crippen MR) is 305 cm³/mol. The van der Waals surface area contributed by atoms with Gasteiger partial charge in [0.1, 0.15) is 22.0 Å². The number of furan rings is 1. The number of carboxylic acids is 5. The molecule has 19 heteroatoms. The van der Waals surface area contributed by atoms with Gasteiger partial charge in [-0.2, -0.15) is 10.2 Å². The maximum Gasteiger partial charge on any atom is 0.358 e. The van der Waals surface area contributed by atoms with Gasteiger partial charge in [-0.05, 0) is 68.1 Å². The van der Waals surface area contributed by atoms with Crippen LogP contribution in [0.1, 0.15) is 133 Å². The number of aryl methyl sites for hydroxylation is 1. The van der Waals surface area contributed by atoms with Crippen LogP contribution in [-0.2, 0) is 5.41 Å². The summed E-state index contributed by atoms with van der Waals surface area (Å²) in [5.74, 6) is -2.86. The van der Waals surface area contributed by atoms with Crippen molar-refractivity contribution in [2.24, 2.45) is 0 Å². The number of thiazole rings is 1. The summed E-state index contributed by atoms with van der Waals surface area (Å²) in [5, 5.41) is 55.1. The van der Waals surface area contributed by atoms with Gasteiger partial charge >= 0.3 is 29.8 Å². The SMILES string of the molecule is CC(C)(C)c1cc(C(=O)O)n(-c2ccccc2)n1.CC(C)c1cc(C(=O)O)n(-c2ccccc2)n1.Cc1cc(C(=O)O)c(-c2ccccc2)o1.O=C(O)c1ncoc1-c1ccccc1.O=C(O)c1sc(C2CC2)nc1-c1ccccc1. The van der Waals surface area contributed by atoms with E-state index in [0.29, 0.717) is 33.6 Å². The third kappa shape index (κ3) is 15.4. The first-order valence-corrected chi connectivity index (χ1v) is 26.2. The normalized spacial score (nSPS) is 11.5. The molecule has 81 heavy (non-hydrogen) atoms. The molecule has 10 aromatic rings. The summed E-state index contributed by atoms with van der Waals surface area (Å²) in [7, 11) is 0. The van der Waals surface area contributed by atoms with Gasteiger partial charge in [-0.15, -0.1) is 11.3 Å². The van der Waals surface area contributed by atoms with Gasteiger partial charge in [0, 0.05) is 28.0 Å². The number of nitrogens with zero attached hydrogens (tertiary/aromatic N) is 6. The molecule has 5 heterocycles. The first kappa shape index (κ1) is 58.7. The molecule has 18 nitrogen and oxygen atoms in total. The number of benzene rings is 5. The highest BCUT2D eigenvalue weighted by molar-refractivity contribution is 7.14. The molecule has 0 radical (unpaired) electrons. The van der Waals surface area contributed by atoms with Crippen LogP contribution in [0.2, 0.25) is 0 Å². The van der Waals surface area contributed by atoms with E-state index in [1.807, 2.05) is 174 Å². The van der Waals surface area contributed by atoms with Crippen molar-refractivity contribution in [2.45, 2.75) is 71.6 Å². The lowest BCUT2D eigenvalue weighted by Crippen LogP contribution is -2.12. The van der Waals surface area contributed by atoms with Crippen molar-refractivity contribution in [3.8, 4) is 45.3 Å². The van der Waals surface area contributed by atoms with E-state index in [1.165, 1.54) is 26.8 Å². The second-order valence-corrected chi connectivity index (χ2v) is 20.6. The number of para-hydroxylation sites is 2. The van der Waals surface area contributed by atoms with Crippen molar-refractivity contribution in [2.75, 3.05) is 0 Å². The Bertz CT molecular complexity index is 3630.